The summed E-state index contributed by atoms with van der Waals surface area (Å²) < 4.78 is 32.0. The Balaban J connectivity index is 1.59. The van der Waals surface area contributed by atoms with Crippen LogP contribution in [0.25, 0.3) is 11.1 Å². The van der Waals surface area contributed by atoms with Gasteiger partial charge in [-0.05, 0) is 47.5 Å². The molecule has 1 N–H and O–H groups in total. The number of anilines is 1. The normalized spacial score (nSPS) is 10.1. The van der Waals surface area contributed by atoms with Crippen molar-refractivity contribution < 1.29 is 18.3 Å². The first-order valence-corrected chi connectivity index (χ1v) is 8.03. The van der Waals surface area contributed by atoms with Crippen LogP contribution in [0.4, 0.5) is 14.5 Å². The van der Waals surface area contributed by atoms with Gasteiger partial charge < -0.3 is 10.1 Å². The molecule has 27 heavy (non-hydrogen) atoms. The molecule has 3 aromatic rings. The first-order valence-electron chi connectivity index (χ1n) is 8.03. The van der Waals surface area contributed by atoms with Crippen molar-refractivity contribution in [2.24, 2.45) is 0 Å². The molecule has 0 aliphatic rings. The maximum absolute atomic E-state index is 13.5. The van der Waals surface area contributed by atoms with Crippen molar-refractivity contribution in [1.29, 1.82) is 5.26 Å². The number of carbonyl (C=O) groups excluding carboxylic acids is 1. The fraction of sp³-hybridized carbons (Fsp3) is 0.0476. The average Bonchev–Trinajstić information content (AvgIpc) is 2.70. The predicted molar refractivity (Wildman–Crippen MR) is 97.1 cm³/mol. The topological polar surface area (TPSA) is 62.1 Å². The molecule has 0 unspecified atom stereocenters. The molecule has 6 heteroatoms. The standard InChI is InChI=1S/C21H14F2N2O2/c22-17-7-10-19(23)20(11-17)25-21(26)13-27-18-8-5-16(6-9-18)15-3-1-14(12-24)2-4-15/h1-11H,13H2,(H,25,26). The average molecular weight is 364 g/mol. The summed E-state index contributed by atoms with van der Waals surface area (Å²) in [5.41, 5.74) is 2.22. The molecule has 0 saturated carbocycles. The zero-order chi connectivity index (χ0) is 19.2. The molecule has 3 aromatic carbocycles. The van der Waals surface area contributed by atoms with Crippen LogP contribution in [0.5, 0.6) is 5.75 Å². The third-order valence-corrected chi connectivity index (χ3v) is 3.77. The second kappa shape index (κ2) is 8.11. The van der Waals surface area contributed by atoms with E-state index in [0.717, 1.165) is 29.3 Å². The summed E-state index contributed by atoms with van der Waals surface area (Å²) in [5, 5.41) is 11.1. The van der Waals surface area contributed by atoms with Crippen LogP contribution < -0.4 is 10.1 Å². The Kier molecular flexibility index (Phi) is 5.43. The van der Waals surface area contributed by atoms with Crippen molar-refractivity contribution in [3.63, 3.8) is 0 Å². The van der Waals surface area contributed by atoms with Crippen LogP contribution >= 0.6 is 0 Å². The molecular formula is C21H14F2N2O2. The van der Waals surface area contributed by atoms with Crippen LogP contribution in [0.3, 0.4) is 0 Å². The number of hydrogen-bond acceptors (Lipinski definition) is 3. The van der Waals surface area contributed by atoms with Gasteiger partial charge in [0.1, 0.15) is 17.4 Å². The van der Waals surface area contributed by atoms with Gasteiger partial charge in [-0.15, -0.1) is 0 Å². The molecule has 4 nitrogen and oxygen atoms in total. The highest BCUT2D eigenvalue weighted by atomic mass is 19.1. The first kappa shape index (κ1) is 18.1. The molecular weight excluding hydrogens is 350 g/mol. The van der Waals surface area contributed by atoms with Gasteiger partial charge in [-0.3, -0.25) is 4.79 Å². The smallest absolute Gasteiger partial charge is 0.262 e. The van der Waals surface area contributed by atoms with Crippen LogP contribution in [0.2, 0.25) is 0 Å². The molecule has 0 bridgehead atoms. The summed E-state index contributed by atoms with van der Waals surface area (Å²) >= 11 is 0. The third-order valence-electron chi connectivity index (χ3n) is 3.77. The molecule has 0 radical (unpaired) electrons. The monoisotopic (exact) mass is 364 g/mol. The molecule has 0 atom stereocenters. The second-order valence-corrected chi connectivity index (χ2v) is 5.67. The zero-order valence-corrected chi connectivity index (χ0v) is 14.1. The van der Waals surface area contributed by atoms with Crippen molar-refractivity contribution in [3.05, 3.63) is 83.9 Å². The number of halogens is 2. The van der Waals surface area contributed by atoms with Gasteiger partial charge in [0, 0.05) is 6.07 Å². The van der Waals surface area contributed by atoms with E-state index in [1.54, 1.807) is 24.3 Å². The Morgan fingerprint density at radius 1 is 0.963 bits per heavy atom. The fourth-order valence-electron chi connectivity index (χ4n) is 2.41. The van der Waals surface area contributed by atoms with Crippen molar-refractivity contribution in [1.82, 2.24) is 0 Å². The summed E-state index contributed by atoms with van der Waals surface area (Å²) in [6.45, 7) is -0.341. The fourth-order valence-corrected chi connectivity index (χ4v) is 2.41. The van der Waals surface area contributed by atoms with Gasteiger partial charge >= 0.3 is 0 Å². The number of ether oxygens (including phenoxy) is 1. The minimum atomic E-state index is -0.725. The SMILES string of the molecule is N#Cc1ccc(-c2ccc(OCC(=O)Nc3cc(F)ccc3F)cc2)cc1. The summed E-state index contributed by atoms with van der Waals surface area (Å²) in [6, 6.07) is 19.1. The number of hydrogen-bond donors (Lipinski definition) is 1. The van der Waals surface area contributed by atoms with Crippen LogP contribution in [0.1, 0.15) is 5.56 Å². The predicted octanol–water partition coefficient (Wildman–Crippen LogP) is 4.52. The number of nitrogens with zero attached hydrogens (tertiary/aromatic N) is 1. The van der Waals surface area contributed by atoms with E-state index >= 15 is 0 Å². The molecule has 0 aliphatic heterocycles. The van der Waals surface area contributed by atoms with E-state index in [2.05, 4.69) is 11.4 Å². The molecule has 0 fully saturated rings. The molecule has 3 rings (SSSR count). The summed E-state index contributed by atoms with van der Waals surface area (Å²) in [5.74, 6) is -1.51. The molecule has 0 saturated heterocycles. The van der Waals surface area contributed by atoms with E-state index in [-0.39, 0.29) is 12.3 Å². The van der Waals surface area contributed by atoms with E-state index in [4.69, 9.17) is 10.00 Å². The number of nitriles is 1. The number of nitrogens with one attached hydrogen (secondary N) is 1. The lowest BCUT2D eigenvalue weighted by molar-refractivity contribution is -0.118. The lowest BCUT2D eigenvalue weighted by Gasteiger charge is -2.09. The van der Waals surface area contributed by atoms with Gasteiger partial charge in [-0.2, -0.15) is 5.26 Å². The van der Waals surface area contributed by atoms with Gasteiger partial charge in [0.05, 0.1) is 17.3 Å². The van der Waals surface area contributed by atoms with E-state index < -0.39 is 17.5 Å². The third kappa shape index (κ3) is 4.67. The van der Waals surface area contributed by atoms with E-state index in [1.807, 2.05) is 24.3 Å². The zero-order valence-electron chi connectivity index (χ0n) is 14.1. The molecule has 134 valence electrons. The molecule has 0 aliphatic carbocycles. The van der Waals surface area contributed by atoms with Gasteiger partial charge in [0.2, 0.25) is 0 Å². The van der Waals surface area contributed by atoms with Gasteiger partial charge in [-0.1, -0.05) is 24.3 Å². The maximum atomic E-state index is 13.5. The Hall–Kier alpha value is -3.72. The van der Waals surface area contributed by atoms with Crippen molar-refractivity contribution in [3.8, 4) is 22.9 Å². The van der Waals surface area contributed by atoms with Gasteiger partial charge in [-0.25, -0.2) is 8.78 Å². The number of rotatable bonds is 5. The quantitative estimate of drug-likeness (QED) is 0.724. The Labute approximate surface area is 154 Å². The minimum Gasteiger partial charge on any atom is -0.484 e. The van der Waals surface area contributed by atoms with Crippen LogP contribution in [-0.4, -0.2) is 12.5 Å². The van der Waals surface area contributed by atoms with E-state index in [0.29, 0.717) is 11.3 Å². The Bertz CT molecular complexity index is 994. The minimum absolute atomic E-state index is 0.236. The Morgan fingerprint density at radius 2 is 1.59 bits per heavy atom. The highest BCUT2D eigenvalue weighted by Gasteiger charge is 2.09. The van der Waals surface area contributed by atoms with Crippen LogP contribution in [0.15, 0.2) is 66.7 Å². The maximum Gasteiger partial charge on any atom is 0.262 e. The van der Waals surface area contributed by atoms with E-state index in [9.17, 15) is 13.6 Å². The van der Waals surface area contributed by atoms with Gasteiger partial charge in [0.25, 0.3) is 5.91 Å². The van der Waals surface area contributed by atoms with Crippen molar-refractivity contribution >= 4 is 11.6 Å². The highest BCUT2D eigenvalue weighted by Crippen LogP contribution is 2.23. The van der Waals surface area contributed by atoms with Crippen molar-refractivity contribution in [2.45, 2.75) is 0 Å². The van der Waals surface area contributed by atoms with Crippen LogP contribution in [0, 0.1) is 23.0 Å². The number of amides is 1. The van der Waals surface area contributed by atoms with Gasteiger partial charge in [0.15, 0.2) is 6.61 Å². The summed E-state index contributed by atoms with van der Waals surface area (Å²) in [6.07, 6.45) is 0. The number of benzene rings is 3. The number of carbonyl (C=O) groups is 1. The van der Waals surface area contributed by atoms with E-state index in [1.165, 1.54) is 0 Å². The highest BCUT2D eigenvalue weighted by molar-refractivity contribution is 5.92. The molecule has 1 amide bonds. The second-order valence-electron chi connectivity index (χ2n) is 5.67. The Morgan fingerprint density at radius 3 is 2.22 bits per heavy atom. The molecule has 0 heterocycles. The summed E-state index contributed by atoms with van der Waals surface area (Å²) in [7, 11) is 0. The molecule has 0 aromatic heterocycles. The molecule has 0 spiro atoms. The summed E-state index contributed by atoms with van der Waals surface area (Å²) in [4.78, 5) is 11.8. The first-order chi connectivity index (χ1) is 13.0. The van der Waals surface area contributed by atoms with Crippen LogP contribution in [-0.2, 0) is 4.79 Å². The lowest BCUT2D eigenvalue weighted by atomic mass is 10.0. The van der Waals surface area contributed by atoms with Crippen molar-refractivity contribution in [2.75, 3.05) is 11.9 Å². The largest absolute Gasteiger partial charge is 0.484 e. The lowest BCUT2D eigenvalue weighted by Crippen LogP contribution is -2.20.